The normalized spacial score (nSPS) is 14.8. The number of nitro benzene ring substituents is 1. The first-order valence-corrected chi connectivity index (χ1v) is 10.9. The Balaban J connectivity index is 1.39. The van der Waals surface area contributed by atoms with E-state index < -0.39 is 22.6 Å². The van der Waals surface area contributed by atoms with E-state index >= 15 is 0 Å². The van der Waals surface area contributed by atoms with Gasteiger partial charge in [0.05, 0.1) is 10.5 Å². The van der Waals surface area contributed by atoms with E-state index in [1.54, 1.807) is 6.07 Å². The largest absolute Gasteiger partial charge is 0.416 e. The maximum absolute atomic E-state index is 12.9. The summed E-state index contributed by atoms with van der Waals surface area (Å²) in [7, 11) is 0. The van der Waals surface area contributed by atoms with Crippen molar-refractivity contribution < 1.29 is 22.9 Å². The Kier molecular flexibility index (Phi) is 8.15. The topological polar surface area (TPSA) is 78.7 Å². The molecule has 0 spiro atoms. The molecule has 1 amide bonds. The van der Waals surface area contributed by atoms with E-state index in [9.17, 15) is 28.1 Å². The lowest BCUT2D eigenvalue weighted by Crippen LogP contribution is -2.46. The second kappa shape index (κ2) is 10.8. The zero-order valence-electron chi connectivity index (χ0n) is 17.8. The number of carbonyl (C=O) groups excluding carboxylic acids is 1. The van der Waals surface area contributed by atoms with Crippen LogP contribution in [0.3, 0.4) is 0 Å². The van der Waals surface area contributed by atoms with E-state index in [0.717, 1.165) is 32.1 Å². The third-order valence-corrected chi connectivity index (χ3v) is 5.73. The first-order valence-electron chi connectivity index (χ1n) is 10.5. The highest BCUT2D eigenvalue weighted by molar-refractivity contribution is 6.31. The first kappa shape index (κ1) is 24.8. The SMILES string of the molecule is O=C(NCCCCN1CCN(c2cccc(C(F)(F)F)c2)CC1)c1cc(Cl)ccc1[N+](=O)[O-]. The third-order valence-electron chi connectivity index (χ3n) is 5.50. The van der Waals surface area contributed by atoms with Gasteiger partial charge in [-0.05, 0) is 49.7 Å². The van der Waals surface area contributed by atoms with Crippen LogP contribution >= 0.6 is 11.6 Å². The van der Waals surface area contributed by atoms with Crippen molar-refractivity contribution in [2.24, 2.45) is 0 Å². The molecular weight excluding hydrogens is 461 g/mol. The van der Waals surface area contributed by atoms with Crippen LogP contribution in [0.25, 0.3) is 0 Å². The highest BCUT2D eigenvalue weighted by atomic mass is 35.5. The minimum absolute atomic E-state index is 0.0711. The number of nitrogens with one attached hydrogen (secondary N) is 1. The fraction of sp³-hybridized carbons (Fsp3) is 0.409. The molecule has 1 aliphatic heterocycles. The Morgan fingerprint density at radius 2 is 1.82 bits per heavy atom. The first-order chi connectivity index (χ1) is 15.6. The molecule has 0 aliphatic carbocycles. The number of alkyl halides is 3. The molecule has 33 heavy (non-hydrogen) atoms. The average molecular weight is 485 g/mol. The number of hydrogen-bond donors (Lipinski definition) is 1. The Labute approximate surface area is 194 Å². The molecule has 0 radical (unpaired) electrons. The number of halogens is 4. The third kappa shape index (κ3) is 6.82. The zero-order valence-corrected chi connectivity index (χ0v) is 18.5. The van der Waals surface area contributed by atoms with Gasteiger partial charge < -0.3 is 10.2 Å². The second-order valence-corrected chi connectivity index (χ2v) is 8.19. The van der Waals surface area contributed by atoms with Crippen LogP contribution < -0.4 is 10.2 Å². The summed E-state index contributed by atoms with van der Waals surface area (Å²) in [6, 6.07) is 9.22. The number of anilines is 1. The van der Waals surface area contributed by atoms with Gasteiger partial charge in [-0.3, -0.25) is 19.8 Å². The maximum atomic E-state index is 12.9. The van der Waals surface area contributed by atoms with E-state index in [-0.39, 0.29) is 16.3 Å². The number of carbonyl (C=O) groups is 1. The summed E-state index contributed by atoms with van der Waals surface area (Å²) in [5, 5.41) is 14.0. The van der Waals surface area contributed by atoms with Gasteiger partial charge in [0.1, 0.15) is 5.56 Å². The number of benzene rings is 2. The van der Waals surface area contributed by atoms with Crippen molar-refractivity contribution in [1.82, 2.24) is 10.2 Å². The number of piperazine rings is 1. The van der Waals surface area contributed by atoms with E-state index in [2.05, 4.69) is 10.2 Å². The monoisotopic (exact) mass is 484 g/mol. The number of nitrogens with zero attached hydrogens (tertiary/aromatic N) is 3. The van der Waals surface area contributed by atoms with Crippen LogP contribution in [-0.4, -0.2) is 55.0 Å². The maximum Gasteiger partial charge on any atom is 0.416 e. The van der Waals surface area contributed by atoms with Gasteiger partial charge in [-0.2, -0.15) is 13.2 Å². The number of amides is 1. The van der Waals surface area contributed by atoms with Gasteiger partial charge in [-0.1, -0.05) is 17.7 Å². The summed E-state index contributed by atoms with van der Waals surface area (Å²) in [5.74, 6) is -0.543. The molecule has 1 saturated heterocycles. The summed E-state index contributed by atoms with van der Waals surface area (Å²) < 4.78 is 38.8. The Morgan fingerprint density at radius 3 is 2.48 bits per heavy atom. The minimum atomic E-state index is -4.36. The quantitative estimate of drug-likeness (QED) is 0.336. The number of rotatable bonds is 8. The lowest BCUT2D eigenvalue weighted by Gasteiger charge is -2.36. The predicted octanol–water partition coefficient (Wildman–Crippen LogP) is 4.60. The molecule has 178 valence electrons. The molecule has 0 saturated carbocycles. The van der Waals surface area contributed by atoms with E-state index in [1.165, 1.54) is 30.3 Å². The van der Waals surface area contributed by atoms with Crippen molar-refractivity contribution in [3.63, 3.8) is 0 Å². The lowest BCUT2D eigenvalue weighted by atomic mass is 10.1. The highest BCUT2D eigenvalue weighted by Crippen LogP contribution is 2.32. The smallest absolute Gasteiger partial charge is 0.369 e. The molecule has 2 aromatic carbocycles. The van der Waals surface area contributed by atoms with Gasteiger partial charge in [0.15, 0.2) is 0 Å². The number of hydrogen-bond acceptors (Lipinski definition) is 5. The molecule has 1 fully saturated rings. The summed E-state index contributed by atoms with van der Waals surface area (Å²) in [6.07, 6.45) is -2.86. The van der Waals surface area contributed by atoms with E-state index in [0.29, 0.717) is 31.7 Å². The molecule has 2 aromatic rings. The molecule has 1 heterocycles. The van der Waals surface area contributed by atoms with Crippen LogP contribution in [0, 0.1) is 10.1 Å². The molecule has 7 nitrogen and oxygen atoms in total. The second-order valence-electron chi connectivity index (χ2n) is 7.76. The average Bonchev–Trinajstić information content (AvgIpc) is 2.78. The van der Waals surface area contributed by atoms with Crippen molar-refractivity contribution >= 4 is 28.9 Å². The van der Waals surface area contributed by atoms with Gasteiger partial charge in [0.2, 0.25) is 0 Å². The summed E-state index contributed by atoms with van der Waals surface area (Å²) in [5.41, 5.74) is -0.441. The van der Waals surface area contributed by atoms with Crippen LogP contribution in [0.15, 0.2) is 42.5 Å². The summed E-state index contributed by atoms with van der Waals surface area (Å²) in [6.45, 7) is 3.90. The Morgan fingerprint density at radius 1 is 1.09 bits per heavy atom. The van der Waals surface area contributed by atoms with Crippen molar-refractivity contribution in [1.29, 1.82) is 0 Å². The zero-order chi connectivity index (χ0) is 24.0. The van der Waals surface area contributed by atoms with E-state index in [1.807, 2.05) is 4.90 Å². The minimum Gasteiger partial charge on any atom is -0.369 e. The number of nitro groups is 1. The predicted molar refractivity (Wildman–Crippen MR) is 120 cm³/mol. The fourth-order valence-electron chi connectivity index (χ4n) is 3.72. The molecule has 3 rings (SSSR count). The summed E-state index contributed by atoms with van der Waals surface area (Å²) in [4.78, 5) is 26.9. The van der Waals surface area contributed by atoms with Crippen LogP contribution in [0.1, 0.15) is 28.8 Å². The fourth-order valence-corrected chi connectivity index (χ4v) is 3.89. The standard InChI is InChI=1S/C22H24ClF3N4O3/c23-17-6-7-20(30(32)33)19(15-17)21(31)27-8-1-2-9-28-10-12-29(13-11-28)18-5-3-4-16(14-18)22(24,25)26/h3-7,14-15H,1-2,8-13H2,(H,27,31). The van der Waals surface area contributed by atoms with Crippen LogP contribution in [0.5, 0.6) is 0 Å². The Hall–Kier alpha value is -2.85. The lowest BCUT2D eigenvalue weighted by molar-refractivity contribution is -0.385. The summed E-state index contributed by atoms with van der Waals surface area (Å²) >= 11 is 5.85. The van der Waals surface area contributed by atoms with E-state index in [4.69, 9.17) is 11.6 Å². The highest BCUT2D eigenvalue weighted by Gasteiger charge is 2.31. The Bertz CT molecular complexity index is 995. The van der Waals surface area contributed by atoms with Crippen molar-refractivity contribution in [3.05, 3.63) is 68.7 Å². The molecule has 0 atom stereocenters. The molecule has 0 unspecified atom stereocenters. The van der Waals surface area contributed by atoms with Crippen LogP contribution in [-0.2, 0) is 6.18 Å². The molecular formula is C22H24ClF3N4O3. The molecule has 0 aromatic heterocycles. The van der Waals surface area contributed by atoms with Gasteiger partial charge >= 0.3 is 6.18 Å². The van der Waals surface area contributed by atoms with Gasteiger partial charge in [0.25, 0.3) is 11.6 Å². The molecule has 1 aliphatic rings. The van der Waals surface area contributed by atoms with Crippen LogP contribution in [0.4, 0.5) is 24.5 Å². The van der Waals surface area contributed by atoms with Crippen LogP contribution in [0.2, 0.25) is 5.02 Å². The van der Waals surface area contributed by atoms with Crippen molar-refractivity contribution in [2.75, 3.05) is 44.2 Å². The molecule has 11 heteroatoms. The van der Waals surface area contributed by atoms with Crippen molar-refractivity contribution in [3.8, 4) is 0 Å². The van der Waals surface area contributed by atoms with Gasteiger partial charge in [-0.25, -0.2) is 0 Å². The molecule has 1 N–H and O–H groups in total. The molecule has 0 bridgehead atoms. The van der Waals surface area contributed by atoms with Gasteiger partial charge in [0, 0.05) is 49.5 Å². The van der Waals surface area contributed by atoms with Crippen molar-refractivity contribution in [2.45, 2.75) is 19.0 Å². The number of unbranched alkanes of at least 4 members (excludes halogenated alkanes) is 1. The van der Waals surface area contributed by atoms with Gasteiger partial charge in [-0.15, -0.1) is 0 Å².